The molecule has 0 atom stereocenters. The molecule has 0 heterocycles. The van der Waals surface area contributed by atoms with Gasteiger partial charge in [-0.15, -0.1) is 0 Å². The second-order valence-corrected chi connectivity index (χ2v) is 6.39. The first-order valence-corrected chi connectivity index (χ1v) is 8.92. The topological polar surface area (TPSA) is 138 Å². The van der Waals surface area contributed by atoms with Crippen LogP contribution in [-0.2, 0) is 4.57 Å². The summed E-state index contributed by atoms with van der Waals surface area (Å²) in [6.07, 6.45) is 9.21. The maximum atomic E-state index is 9.13. The van der Waals surface area contributed by atoms with Crippen molar-refractivity contribution in [2.75, 3.05) is 19.8 Å². The summed E-state index contributed by atoms with van der Waals surface area (Å²) in [7, 11) is -4.64. The highest BCUT2D eigenvalue weighted by atomic mass is 31.2. The largest absolute Gasteiger partial charge is 0.466 e. The van der Waals surface area contributed by atoms with Crippen LogP contribution in [-0.4, -0.2) is 49.8 Å². The van der Waals surface area contributed by atoms with Crippen molar-refractivity contribution in [1.29, 1.82) is 0 Å². The van der Waals surface area contributed by atoms with Gasteiger partial charge in [0.1, 0.15) is 0 Å². The maximum absolute atomic E-state index is 9.13. The minimum atomic E-state index is -4.64. The van der Waals surface area contributed by atoms with Crippen LogP contribution in [0.15, 0.2) is 0 Å². The van der Waals surface area contributed by atoms with Crippen molar-refractivity contribution in [3.63, 3.8) is 0 Å². The van der Waals surface area contributed by atoms with Gasteiger partial charge in [-0.3, -0.25) is 0 Å². The smallest absolute Gasteiger partial charge is 0.396 e. The van der Waals surface area contributed by atoms with Crippen LogP contribution in [0.4, 0.5) is 0 Å². The van der Waals surface area contributed by atoms with E-state index in [-0.39, 0.29) is 19.8 Å². The van der Waals surface area contributed by atoms with Crippen LogP contribution in [0.5, 0.6) is 0 Å². The average molecular weight is 330 g/mol. The van der Waals surface area contributed by atoms with E-state index >= 15 is 0 Å². The zero-order chi connectivity index (χ0) is 16.8. The molecule has 0 fully saturated rings. The van der Waals surface area contributed by atoms with E-state index in [1.54, 1.807) is 0 Å². The van der Waals surface area contributed by atoms with Crippen LogP contribution in [0.3, 0.4) is 0 Å². The number of rotatable bonds is 11. The summed E-state index contributed by atoms with van der Waals surface area (Å²) in [5, 5.41) is 27.4. The molecule has 8 heteroatoms. The predicted molar refractivity (Wildman–Crippen MR) is 80.6 cm³/mol. The van der Waals surface area contributed by atoms with E-state index in [0.717, 1.165) is 12.8 Å². The molecule has 0 saturated carbocycles. The number of hydrogen-bond donors (Lipinski definition) is 6. The Bertz CT molecular complexity index is 247. The fraction of sp³-hybridized carbons (Fsp3) is 1.00. The van der Waals surface area contributed by atoms with Gasteiger partial charge in [-0.2, -0.15) is 0 Å². The highest BCUT2D eigenvalue weighted by Crippen LogP contribution is 2.26. The van der Waals surface area contributed by atoms with Gasteiger partial charge in [-0.05, 0) is 6.42 Å². The third-order valence-electron chi connectivity index (χ3n) is 3.32. The first-order valence-electron chi connectivity index (χ1n) is 7.35. The first-order chi connectivity index (χ1) is 9.74. The number of phosphoric acid groups is 1. The normalized spacial score (nSPS) is 12.0. The summed E-state index contributed by atoms with van der Waals surface area (Å²) < 4.78 is 8.88. The Morgan fingerprint density at radius 3 is 1.43 bits per heavy atom. The van der Waals surface area contributed by atoms with Crippen molar-refractivity contribution in [3.8, 4) is 0 Å². The Morgan fingerprint density at radius 1 is 0.762 bits per heavy atom. The van der Waals surface area contributed by atoms with Gasteiger partial charge in [0, 0.05) is 5.41 Å². The number of aliphatic hydroxyl groups is 3. The average Bonchev–Trinajstić information content (AvgIpc) is 2.41. The molecular formula is C13H31O7P. The van der Waals surface area contributed by atoms with E-state index in [2.05, 4.69) is 6.92 Å². The van der Waals surface area contributed by atoms with E-state index in [9.17, 15) is 0 Å². The molecule has 6 N–H and O–H groups in total. The van der Waals surface area contributed by atoms with Gasteiger partial charge >= 0.3 is 7.82 Å². The molecule has 0 aliphatic heterocycles. The SMILES string of the molecule is CCCCCCCCCC(CO)(CO)CO.O=P(O)(O)O. The quantitative estimate of drug-likeness (QED) is 0.247. The summed E-state index contributed by atoms with van der Waals surface area (Å²) in [4.78, 5) is 21.6. The summed E-state index contributed by atoms with van der Waals surface area (Å²) in [5.41, 5.74) is -0.663. The Labute approximate surface area is 126 Å². The van der Waals surface area contributed by atoms with Crippen LogP contribution in [0.1, 0.15) is 58.3 Å². The van der Waals surface area contributed by atoms with Crippen LogP contribution in [0.25, 0.3) is 0 Å². The zero-order valence-electron chi connectivity index (χ0n) is 12.8. The maximum Gasteiger partial charge on any atom is 0.466 e. The zero-order valence-corrected chi connectivity index (χ0v) is 13.7. The highest BCUT2D eigenvalue weighted by Gasteiger charge is 2.26. The predicted octanol–water partition coefficient (Wildman–Crippen LogP) is 1.16. The van der Waals surface area contributed by atoms with Gasteiger partial charge in [0.25, 0.3) is 0 Å². The molecule has 130 valence electrons. The van der Waals surface area contributed by atoms with E-state index in [1.165, 1.54) is 32.1 Å². The minimum Gasteiger partial charge on any atom is -0.396 e. The molecule has 0 radical (unpaired) electrons. The molecule has 0 spiro atoms. The molecule has 0 aromatic rings. The van der Waals surface area contributed by atoms with Gasteiger partial charge < -0.3 is 30.0 Å². The number of aliphatic hydroxyl groups excluding tert-OH is 3. The minimum absolute atomic E-state index is 0.129. The third-order valence-corrected chi connectivity index (χ3v) is 3.32. The van der Waals surface area contributed by atoms with E-state index in [4.69, 9.17) is 34.6 Å². The molecule has 0 unspecified atom stereocenters. The molecule has 0 amide bonds. The lowest BCUT2D eigenvalue weighted by molar-refractivity contribution is -0.00230. The van der Waals surface area contributed by atoms with Crippen LogP contribution in [0.2, 0.25) is 0 Å². The van der Waals surface area contributed by atoms with Crippen molar-refractivity contribution >= 4 is 7.82 Å². The van der Waals surface area contributed by atoms with Gasteiger partial charge in [0.05, 0.1) is 19.8 Å². The fourth-order valence-electron chi connectivity index (χ4n) is 1.84. The Hall–Kier alpha value is -0.0100. The standard InChI is InChI=1S/C13H28O3.H3O4P/c1-2-3-4-5-6-7-8-9-13(10-14,11-15)12-16;1-5(2,3)4/h14-16H,2-12H2,1H3;(H3,1,2,3,4). The van der Waals surface area contributed by atoms with Gasteiger partial charge in [-0.1, -0.05) is 51.9 Å². The van der Waals surface area contributed by atoms with Crippen molar-refractivity contribution < 1.29 is 34.6 Å². The summed E-state index contributed by atoms with van der Waals surface area (Å²) in [5.74, 6) is 0. The first kappa shape index (κ1) is 23.3. The van der Waals surface area contributed by atoms with Crippen LogP contribution < -0.4 is 0 Å². The lowest BCUT2D eigenvalue weighted by Crippen LogP contribution is -2.33. The molecule has 0 aliphatic carbocycles. The summed E-state index contributed by atoms with van der Waals surface area (Å²) in [6, 6.07) is 0. The number of hydrogen-bond acceptors (Lipinski definition) is 4. The molecule has 21 heavy (non-hydrogen) atoms. The summed E-state index contributed by atoms with van der Waals surface area (Å²) in [6.45, 7) is 1.82. The molecule has 0 aromatic carbocycles. The van der Waals surface area contributed by atoms with Crippen molar-refractivity contribution in [2.45, 2.75) is 58.3 Å². The molecule has 0 saturated heterocycles. The van der Waals surface area contributed by atoms with Gasteiger partial charge in [-0.25, -0.2) is 4.57 Å². The molecule has 7 nitrogen and oxygen atoms in total. The van der Waals surface area contributed by atoms with Gasteiger partial charge in [0.2, 0.25) is 0 Å². The Kier molecular flexibility index (Phi) is 15.1. The summed E-state index contributed by atoms with van der Waals surface area (Å²) >= 11 is 0. The van der Waals surface area contributed by atoms with E-state index in [0.29, 0.717) is 6.42 Å². The monoisotopic (exact) mass is 330 g/mol. The second-order valence-electron chi connectivity index (χ2n) is 5.36. The molecular weight excluding hydrogens is 299 g/mol. The van der Waals surface area contributed by atoms with Gasteiger partial charge in [0.15, 0.2) is 0 Å². The molecule has 0 aliphatic rings. The molecule has 0 bridgehead atoms. The van der Waals surface area contributed by atoms with E-state index in [1.807, 2.05) is 0 Å². The fourth-order valence-corrected chi connectivity index (χ4v) is 1.84. The van der Waals surface area contributed by atoms with Crippen molar-refractivity contribution in [1.82, 2.24) is 0 Å². The van der Waals surface area contributed by atoms with Crippen molar-refractivity contribution in [3.05, 3.63) is 0 Å². The highest BCUT2D eigenvalue weighted by molar-refractivity contribution is 7.45. The van der Waals surface area contributed by atoms with Crippen LogP contribution >= 0.6 is 7.82 Å². The van der Waals surface area contributed by atoms with E-state index < -0.39 is 13.2 Å². The lowest BCUT2D eigenvalue weighted by Gasteiger charge is -2.27. The number of unbranched alkanes of at least 4 members (excludes halogenated alkanes) is 6. The Morgan fingerprint density at radius 2 is 1.10 bits per heavy atom. The van der Waals surface area contributed by atoms with Crippen molar-refractivity contribution in [2.24, 2.45) is 5.41 Å². The van der Waals surface area contributed by atoms with Crippen LogP contribution in [0, 0.1) is 5.41 Å². The third kappa shape index (κ3) is 17.9. The molecule has 0 rings (SSSR count). The lowest BCUT2D eigenvalue weighted by atomic mass is 9.85. The second kappa shape index (κ2) is 13.6. The molecule has 0 aromatic heterocycles. The Balaban J connectivity index is 0.